The summed E-state index contributed by atoms with van der Waals surface area (Å²) in [7, 11) is 0. The van der Waals surface area contributed by atoms with Gasteiger partial charge in [0.1, 0.15) is 13.2 Å². The quantitative estimate of drug-likeness (QED) is 0.443. The van der Waals surface area contributed by atoms with Gasteiger partial charge in [0.2, 0.25) is 0 Å². The molecule has 0 radical (unpaired) electrons. The molecule has 0 atom stereocenters. The van der Waals surface area contributed by atoms with Crippen molar-refractivity contribution in [2.75, 3.05) is 26.3 Å². The van der Waals surface area contributed by atoms with Crippen LogP contribution in [0.15, 0.2) is 9.98 Å². The van der Waals surface area contributed by atoms with Crippen LogP contribution in [0.5, 0.6) is 0 Å². The van der Waals surface area contributed by atoms with Gasteiger partial charge in [-0.25, -0.2) is 0 Å². The molecule has 2 rings (SSSR count). The molecule has 0 saturated carbocycles. The van der Waals surface area contributed by atoms with Gasteiger partial charge in [0.15, 0.2) is 12.8 Å². The minimum absolute atomic E-state index is 0. The Morgan fingerprint density at radius 2 is 1.36 bits per heavy atom. The summed E-state index contributed by atoms with van der Waals surface area (Å²) in [5, 5.41) is 0. The largest absolute Gasteiger partial charge is 0.482 e. The molecule has 2 aliphatic heterocycles. The SMILES string of the molecule is C1=NCCO1.C1=NCCO1.[MgH2]. The molecule has 0 aliphatic carbocycles. The van der Waals surface area contributed by atoms with Crippen LogP contribution in [-0.2, 0) is 9.47 Å². The molecule has 60 valence electrons. The molecule has 5 heteroatoms. The Hall–Kier alpha value is -0.294. The number of ether oxygens (including phenoxy) is 2. The van der Waals surface area contributed by atoms with Crippen LogP contribution in [0.4, 0.5) is 0 Å². The third-order valence-corrected chi connectivity index (χ3v) is 0.975. The van der Waals surface area contributed by atoms with Gasteiger partial charge in [-0.2, -0.15) is 0 Å². The Morgan fingerprint density at radius 1 is 0.909 bits per heavy atom. The molecule has 0 amide bonds. The molecule has 0 unspecified atom stereocenters. The van der Waals surface area contributed by atoms with Gasteiger partial charge in [-0.3, -0.25) is 9.98 Å². The van der Waals surface area contributed by atoms with Crippen molar-refractivity contribution in [1.82, 2.24) is 0 Å². The maximum Gasteiger partial charge on any atom is 0.316 e. The van der Waals surface area contributed by atoms with Crippen LogP contribution in [0.2, 0.25) is 0 Å². The lowest BCUT2D eigenvalue weighted by Gasteiger charge is -1.76. The van der Waals surface area contributed by atoms with E-state index in [1.165, 1.54) is 12.8 Å². The first-order valence-corrected chi connectivity index (χ1v) is 3.20. The smallest absolute Gasteiger partial charge is 0.316 e. The Labute approximate surface area is 81.8 Å². The summed E-state index contributed by atoms with van der Waals surface area (Å²) in [6.07, 6.45) is 2.97. The molecule has 4 nitrogen and oxygen atoms in total. The first-order chi connectivity index (χ1) is 5.00. The monoisotopic (exact) mass is 168 g/mol. The van der Waals surface area contributed by atoms with Gasteiger partial charge in [0.25, 0.3) is 0 Å². The van der Waals surface area contributed by atoms with E-state index < -0.39 is 0 Å². The van der Waals surface area contributed by atoms with Crippen molar-refractivity contribution in [3.8, 4) is 0 Å². The van der Waals surface area contributed by atoms with Crippen molar-refractivity contribution in [1.29, 1.82) is 0 Å². The first-order valence-electron chi connectivity index (χ1n) is 3.20. The van der Waals surface area contributed by atoms with Crippen molar-refractivity contribution >= 4 is 35.9 Å². The van der Waals surface area contributed by atoms with Crippen LogP contribution in [-0.4, -0.2) is 62.2 Å². The molecule has 11 heavy (non-hydrogen) atoms. The highest BCUT2D eigenvalue weighted by Gasteiger charge is 1.85. The van der Waals surface area contributed by atoms with Crippen molar-refractivity contribution in [3.05, 3.63) is 0 Å². The van der Waals surface area contributed by atoms with Gasteiger partial charge >= 0.3 is 23.1 Å². The third-order valence-electron chi connectivity index (χ3n) is 0.975. The molecule has 2 heterocycles. The standard InChI is InChI=1S/2C3H5NO.Mg.2H/c2*1-2-5-3-4-1;;;/h2*3H,1-2H2;;;. The van der Waals surface area contributed by atoms with Crippen molar-refractivity contribution < 1.29 is 9.47 Å². The fraction of sp³-hybridized carbons (Fsp3) is 0.667. The van der Waals surface area contributed by atoms with Gasteiger partial charge in [0.05, 0.1) is 13.1 Å². The molecule has 0 aromatic rings. The average molecular weight is 168 g/mol. The number of aliphatic imine (C=N–C) groups is 2. The molecular weight excluding hydrogens is 156 g/mol. The Bertz CT molecular complexity index is 111. The lowest BCUT2D eigenvalue weighted by Crippen LogP contribution is -1.80. The minimum Gasteiger partial charge on any atom is -0.482 e. The van der Waals surface area contributed by atoms with Gasteiger partial charge in [-0.05, 0) is 0 Å². The van der Waals surface area contributed by atoms with Crippen LogP contribution in [0.1, 0.15) is 0 Å². The Balaban J connectivity index is 0.000000167. The van der Waals surface area contributed by atoms with Gasteiger partial charge in [-0.15, -0.1) is 0 Å². The second kappa shape index (κ2) is 7.81. The molecule has 0 N–H and O–H groups in total. The number of hydrogen-bond acceptors (Lipinski definition) is 4. The number of rotatable bonds is 0. The van der Waals surface area contributed by atoms with Crippen molar-refractivity contribution in [3.63, 3.8) is 0 Å². The van der Waals surface area contributed by atoms with E-state index in [9.17, 15) is 0 Å². The zero-order chi connectivity index (χ0) is 7.07. The molecule has 0 fully saturated rings. The van der Waals surface area contributed by atoms with Gasteiger partial charge < -0.3 is 9.47 Å². The molecular formula is C6H12MgN2O2. The summed E-state index contributed by atoms with van der Waals surface area (Å²) in [4.78, 5) is 7.47. The van der Waals surface area contributed by atoms with Gasteiger partial charge in [0, 0.05) is 0 Å². The van der Waals surface area contributed by atoms with Crippen LogP contribution >= 0.6 is 0 Å². The normalized spacial score (nSPS) is 17.5. The van der Waals surface area contributed by atoms with Crippen molar-refractivity contribution in [2.45, 2.75) is 0 Å². The minimum atomic E-state index is 0. The second-order valence-electron chi connectivity index (χ2n) is 1.76. The molecule has 0 saturated heterocycles. The number of hydrogen-bond donors (Lipinski definition) is 0. The van der Waals surface area contributed by atoms with E-state index in [2.05, 4.69) is 19.5 Å². The summed E-state index contributed by atoms with van der Waals surface area (Å²) in [5.74, 6) is 0. The van der Waals surface area contributed by atoms with E-state index in [1.54, 1.807) is 0 Å². The molecule has 0 bridgehead atoms. The van der Waals surface area contributed by atoms with Crippen LogP contribution in [0.25, 0.3) is 0 Å². The molecule has 0 aromatic heterocycles. The van der Waals surface area contributed by atoms with Crippen LogP contribution in [0.3, 0.4) is 0 Å². The predicted molar refractivity (Wildman–Crippen MR) is 47.2 cm³/mol. The summed E-state index contributed by atoms with van der Waals surface area (Å²) in [6.45, 7) is 3.25. The third kappa shape index (κ3) is 6.12. The fourth-order valence-electron chi connectivity index (χ4n) is 0.527. The summed E-state index contributed by atoms with van der Waals surface area (Å²) >= 11 is 0. The maximum atomic E-state index is 4.65. The van der Waals surface area contributed by atoms with E-state index in [4.69, 9.17) is 0 Å². The van der Waals surface area contributed by atoms with E-state index in [0.29, 0.717) is 0 Å². The molecule has 0 aromatic carbocycles. The molecule has 0 spiro atoms. The highest BCUT2D eigenvalue weighted by Crippen LogP contribution is 1.79. The summed E-state index contributed by atoms with van der Waals surface area (Å²) < 4.78 is 9.31. The van der Waals surface area contributed by atoms with E-state index in [-0.39, 0.29) is 23.1 Å². The van der Waals surface area contributed by atoms with Crippen LogP contribution < -0.4 is 0 Å². The first kappa shape index (κ1) is 10.7. The fourth-order valence-corrected chi connectivity index (χ4v) is 0.527. The highest BCUT2D eigenvalue weighted by molar-refractivity contribution is 5.75. The summed E-state index contributed by atoms with van der Waals surface area (Å²) in [5.41, 5.74) is 0. The van der Waals surface area contributed by atoms with Gasteiger partial charge in [-0.1, -0.05) is 0 Å². The Morgan fingerprint density at radius 3 is 1.45 bits per heavy atom. The zero-order valence-corrected chi connectivity index (χ0v) is 5.69. The number of nitrogens with zero attached hydrogens (tertiary/aromatic N) is 2. The topological polar surface area (TPSA) is 43.2 Å². The van der Waals surface area contributed by atoms with Crippen molar-refractivity contribution in [2.24, 2.45) is 9.98 Å². The van der Waals surface area contributed by atoms with Crippen LogP contribution in [0, 0.1) is 0 Å². The predicted octanol–water partition coefficient (Wildman–Crippen LogP) is -0.826. The molecule has 2 aliphatic rings. The zero-order valence-electron chi connectivity index (χ0n) is 5.69. The average Bonchev–Trinajstić information content (AvgIpc) is 2.67. The second-order valence-corrected chi connectivity index (χ2v) is 1.76. The Kier molecular flexibility index (Phi) is 7.60. The summed E-state index contributed by atoms with van der Waals surface area (Å²) in [6, 6.07) is 0. The lowest BCUT2D eigenvalue weighted by atomic mass is 10.8. The van der Waals surface area contributed by atoms with E-state index >= 15 is 0 Å². The van der Waals surface area contributed by atoms with E-state index in [0.717, 1.165) is 26.3 Å². The van der Waals surface area contributed by atoms with E-state index in [1.807, 2.05) is 0 Å². The lowest BCUT2D eigenvalue weighted by molar-refractivity contribution is 0.361. The maximum absolute atomic E-state index is 4.65. The highest BCUT2D eigenvalue weighted by atomic mass is 24.3.